The summed E-state index contributed by atoms with van der Waals surface area (Å²) in [7, 11) is 3.89. The topological polar surface area (TPSA) is 88.0 Å². The van der Waals surface area contributed by atoms with E-state index >= 15 is 0 Å². The number of imide groups is 1. The van der Waals surface area contributed by atoms with Gasteiger partial charge in [-0.05, 0) is 75.2 Å². The van der Waals surface area contributed by atoms with Gasteiger partial charge in [0.2, 0.25) is 0 Å². The van der Waals surface area contributed by atoms with Gasteiger partial charge in [-0.15, -0.1) is 0 Å². The molecule has 0 radical (unpaired) electrons. The Balaban J connectivity index is 1.27. The molecule has 2 aliphatic heterocycles. The molecule has 216 valence electrons. The maximum Gasteiger partial charge on any atom is 0.417 e. The van der Waals surface area contributed by atoms with Crippen molar-refractivity contribution in [1.29, 1.82) is 5.26 Å². The first-order chi connectivity index (χ1) is 19.4. The first-order valence-corrected chi connectivity index (χ1v) is 13.4. The molecule has 2 aliphatic rings. The van der Waals surface area contributed by atoms with E-state index in [1.54, 1.807) is 0 Å². The molecule has 0 N–H and O–H groups in total. The number of hydrogen-bond acceptors (Lipinski definition) is 6. The Morgan fingerprint density at radius 3 is 2.22 bits per heavy atom. The molecule has 41 heavy (non-hydrogen) atoms. The summed E-state index contributed by atoms with van der Waals surface area (Å²) in [6, 6.07) is 11.9. The Kier molecular flexibility index (Phi) is 8.83. The van der Waals surface area contributed by atoms with Gasteiger partial charge in [0.25, 0.3) is 17.7 Å². The summed E-state index contributed by atoms with van der Waals surface area (Å²) in [5.41, 5.74) is 0.234. The molecule has 1 saturated heterocycles. The van der Waals surface area contributed by atoms with E-state index in [2.05, 4.69) is 4.90 Å². The highest BCUT2D eigenvalue weighted by atomic mass is 19.4. The van der Waals surface area contributed by atoms with Crippen molar-refractivity contribution >= 4 is 29.1 Å². The number of alkyl halides is 3. The lowest BCUT2D eigenvalue weighted by molar-refractivity contribution is -0.138. The molecule has 0 atom stereocenters. The number of carbonyl (C=O) groups excluding carboxylic acids is 3. The fourth-order valence-electron chi connectivity index (χ4n) is 5.11. The summed E-state index contributed by atoms with van der Waals surface area (Å²) in [5, 5.41) is 9.02. The summed E-state index contributed by atoms with van der Waals surface area (Å²) in [4.78, 5) is 45.6. The molecule has 0 saturated carbocycles. The number of nitriles is 1. The molecule has 2 heterocycles. The monoisotopic (exact) mass is 567 g/mol. The van der Waals surface area contributed by atoms with Crippen LogP contribution in [-0.2, 0) is 15.8 Å². The lowest BCUT2D eigenvalue weighted by atomic mass is 10.0. The number of nitrogens with zero attached hydrogens (tertiary/aromatic N) is 5. The fourth-order valence-corrected chi connectivity index (χ4v) is 5.11. The Labute approximate surface area is 237 Å². The number of piperazine rings is 1. The second-order valence-corrected chi connectivity index (χ2v) is 10.4. The third-order valence-corrected chi connectivity index (χ3v) is 7.57. The molecule has 0 unspecified atom stereocenters. The van der Waals surface area contributed by atoms with Crippen molar-refractivity contribution in [2.45, 2.75) is 32.4 Å². The van der Waals surface area contributed by atoms with Crippen LogP contribution in [0.1, 0.15) is 47.7 Å². The number of halogens is 3. The van der Waals surface area contributed by atoms with Crippen LogP contribution in [-0.4, -0.2) is 74.3 Å². The van der Waals surface area contributed by atoms with Gasteiger partial charge in [-0.3, -0.25) is 19.3 Å². The van der Waals surface area contributed by atoms with Gasteiger partial charge >= 0.3 is 6.18 Å². The quantitative estimate of drug-likeness (QED) is 0.346. The second-order valence-electron chi connectivity index (χ2n) is 10.4. The minimum Gasteiger partial charge on any atom is -0.378 e. The van der Waals surface area contributed by atoms with Crippen molar-refractivity contribution in [1.82, 2.24) is 9.80 Å². The van der Waals surface area contributed by atoms with Crippen LogP contribution in [0.5, 0.6) is 0 Å². The van der Waals surface area contributed by atoms with Crippen LogP contribution in [0.4, 0.5) is 24.5 Å². The van der Waals surface area contributed by atoms with Crippen molar-refractivity contribution in [2.24, 2.45) is 0 Å². The van der Waals surface area contributed by atoms with Gasteiger partial charge in [-0.1, -0.05) is 0 Å². The van der Waals surface area contributed by atoms with Gasteiger partial charge in [0.1, 0.15) is 0 Å². The van der Waals surface area contributed by atoms with Crippen LogP contribution in [0.25, 0.3) is 0 Å². The zero-order valence-corrected chi connectivity index (χ0v) is 23.3. The van der Waals surface area contributed by atoms with E-state index in [1.165, 1.54) is 19.1 Å². The Morgan fingerprint density at radius 1 is 0.976 bits per heavy atom. The number of amides is 3. The second kappa shape index (κ2) is 12.1. The molecule has 0 aromatic heterocycles. The van der Waals surface area contributed by atoms with E-state index in [0.29, 0.717) is 43.1 Å². The molecule has 0 spiro atoms. The predicted octanol–water partition coefficient (Wildman–Crippen LogP) is 4.46. The molecule has 11 heteroatoms. The van der Waals surface area contributed by atoms with Crippen molar-refractivity contribution < 1.29 is 27.6 Å². The van der Waals surface area contributed by atoms with E-state index in [1.807, 2.05) is 48.2 Å². The lowest BCUT2D eigenvalue weighted by Crippen LogP contribution is -2.48. The number of carbonyl (C=O) groups is 3. The predicted molar refractivity (Wildman–Crippen MR) is 148 cm³/mol. The summed E-state index contributed by atoms with van der Waals surface area (Å²) in [6.07, 6.45) is -3.09. The van der Waals surface area contributed by atoms with Gasteiger partial charge in [0, 0.05) is 62.7 Å². The zero-order valence-electron chi connectivity index (χ0n) is 23.3. The molecule has 0 aliphatic carbocycles. The van der Waals surface area contributed by atoms with Crippen molar-refractivity contribution in [3.63, 3.8) is 0 Å². The third kappa shape index (κ3) is 6.43. The minimum absolute atomic E-state index is 0.0101. The third-order valence-electron chi connectivity index (χ3n) is 7.57. The van der Waals surface area contributed by atoms with Gasteiger partial charge in [-0.25, -0.2) is 4.90 Å². The van der Waals surface area contributed by atoms with Crippen molar-refractivity contribution in [2.75, 3.05) is 56.6 Å². The first kappa shape index (κ1) is 29.8. The average molecular weight is 568 g/mol. The summed E-state index contributed by atoms with van der Waals surface area (Å²) < 4.78 is 40.2. The number of benzene rings is 2. The summed E-state index contributed by atoms with van der Waals surface area (Å²) in [6.45, 7) is 4.97. The fraction of sp³-hybridized carbons (Fsp3) is 0.400. The zero-order chi connectivity index (χ0) is 29.9. The maximum absolute atomic E-state index is 13.4. The molecule has 2 aromatic rings. The highest BCUT2D eigenvalue weighted by Gasteiger charge is 2.39. The van der Waals surface area contributed by atoms with Crippen LogP contribution >= 0.6 is 0 Å². The van der Waals surface area contributed by atoms with Crippen LogP contribution in [0.15, 0.2) is 53.6 Å². The van der Waals surface area contributed by atoms with E-state index in [4.69, 9.17) is 5.26 Å². The highest BCUT2D eigenvalue weighted by molar-refractivity contribution is 6.32. The molecule has 2 aromatic carbocycles. The molecular weight excluding hydrogens is 535 g/mol. The van der Waals surface area contributed by atoms with Crippen LogP contribution in [0.3, 0.4) is 0 Å². The molecule has 4 rings (SSSR count). The Hall–Kier alpha value is -4.17. The largest absolute Gasteiger partial charge is 0.417 e. The molecule has 0 bridgehead atoms. The molecule has 1 fully saturated rings. The van der Waals surface area contributed by atoms with Gasteiger partial charge < -0.3 is 9.80 Å². The molecular formula is C30H32F3N5O3. The van der Waals surface area contributed by atoms with Gasteiger partial charge in [0.15, 0.2) is 0 Å². The summed E-state index contributed by atoms with van der Waals surface area (Å²) in [5.74, 6) is -1.27. The van der Waals surface area contributed by atoms with Gasteiger partial charge in [-0.2, -0.15) is 18.4 Å². The minimum atomic E-state index is -4.80. The smallest absolute Gasteiger partial charge is 0.378 e. The van der Waals surface area contributed by atoms with Crippen molar-refractivity contribution in [3.8, 4) is 6.07 Å². The standard InChI is InChI=1S/C30H32F3N5O3/c1-20-25(29(41)38(27(20)39)24-12-9-22(19-34)26(18-24)30(31,32)33)6-4-5-13-36-14-16-37(17-15-36)28(40)21-7-10-23(11-8-21)35(2)3/h7-12,18H,4-6,13-17H2,1-3H3. The Morgan fingerprint density at radius 2 is 1.63 bits per heavy atom. The molecule has 3 amide bonds. The van der Waals surface area contributed by atoms with Gasteiger partial charge in [0.05, 0.1) is 22.9 Å². The first-order valence-electron chi connectivity index (χ1n) is 13.4. The normalized spacial score (nSPS) is 16.4. The van der Waals surface area contributed by atoms with E-state index in [-0.39, 0.29) is 17.2 Å². The highest BCUT2D eigenvalue weighted by Crippen LogP contribution is 2.37. The lowest BCUT2D eigenvalue weighted by Gasteiger charge is -2.34. The van der Waals surface area contributed by atoms with Crippen LogP contribution in [0.2, 0.25) is 0 Å². The van der Waals surface area contributed by atoms with Crippen LogP contribution < -0.4 is 9.80 Å². The van der Waals surface area contributed by atoms with Crippen LogP contribution in [0, 0.1) is 11.3 Å². The van der Waals surface area contributed by atoms with Crippen molar-refractivity contribution in [3.05, 3.63) is 70.3 Å². The van der Waals surface area contributed by atoms with E-state index < -0.39 is 29.1 Å². The summed E-state index contributed by atoms with van der Waals surface area (Å²) >= 11 is 0. The Bertz CT molecular complexity index is 1400. The van der Waals surface area contributed by atoms with E-state index in [0.717, 1.165) is 42.7 Å². The maximum atomic E-state index is 13.4. The number of anilines is 2. The number of hydrogen-bond donors (Lipinski definition) is 0. The molecule has 8 nitrogen and oxygen atoms in total. The van der Waals surface area contributed by atoms with E-state index in [9.17, 15) is 27.6 Å². The average Bonchev–Trinajstić information content (AvgIpc) is 3.17. The number of rotatable bonds is 8. The number of unbranched alkanes of at least 4 members (excludes halogenated alkanes) is 1. The SMILES string of the molecule is CC1=C(CCCCN2CCN(C(=O)c3ccc(N(C)C)cc3)CC2)C(=O)N(c2ccc(C#N)c(C(F)(F)F)c2)C1=O.